The van der Waals surface area contributed by atoms with Crippen LogP contribution in [-0.2, 0) is 0 Å². The summed E-state index contributed by atoms with van der Waals surface area (Å²) in [6, 6.07) is 20.2. The Hall–Kier alpha value is -2.81. The fraction of sp³-hybridized carbons (Fsp3) is 0.0556. The Morgan fingerprint density at radius 1 is 0.905 bits per heavy atom. The Bertz CT molecular complexity index is 903. The normalized spacial score (nSPS) is 11.1. The molecular weight excluding hydrogens is 260 g/mol. The van der Waals surface area contributed by atoms with Crippen LogP contribution in [0.25, 0.3) is 28.4 Å². The number of fused-ring (bicyclic) bond motifs is 1. The minimum atomic E-state index is 0.838. The molecule has 3 heterocycles. The van der Waals surface area contributed by atoms with Gasteiger partial charge in [-0.15, -0.1) is 0 Å². The summed E-state index contributed by atoms with van der Waals surface area (Å²) in [5.41, 5.74) is 3.94. The van der Waals surface area contributed by atoms with Gasteiger partial charge < -0.3 is 4.42 Å². The molecule has 0 amide bonds. The van der Waals surface area contributed by atoms with E-state index in [1.807, 2.05) is 61.7 Å². The highest BCUT2D eigenvalue weighted by atomic mass is 16.3. The van der Waals surface area contributed by atoms with Crippen molar-refractivity contribution in [3.8, 4) is 22.7 Å². The average Bonchev–Trinajstić information content (AvgIpc) is 3.11. The predicted octanol–water partition coefficient (Wildman–Crippen LogP) is 4.57. The molecule has 0 bridgehead atoms. The van der Waals surface area contributed by atoms with E-state index in [4.69, 9.17) is 9.40 Å². The van der Waals surface area contributed by atoms with E-state index in [0.717, 1.165) is 34.1 Å². The van der Waals surface area contributed by atoms with Crippen LogP contribution in [0.5, 0.6) is 0 Å². The number of benzene rings is 1. The van der Waals surface area contributed by atoms with Crippen LogP contribution in [0, 0.1) is 6.92 Å². The molecule has 21 heavy (non-hydrogen) atoms. The lowest BCUT2D eigenvalue weighted by Gasteiger charge is -2.02. The van der Waals surface area contributed by atoms with Gasteiger partial charge in [0.15, 0.2) is 5.76 Å². The van der Waals surface area contributed by atoms with Gasteiger partial charge in [-0.1, -0.05) is 36.4 Å². The van der Waals surface area contributed by atoms with Crippen molar-refractivity contribution in [2.75, 3.05) is 0 Å². The van der Waals surface area contributed by atoms with Gasteiger partial charge in [-0.05, 0) is 31.2 Å². The van der Waals surface area contributed by atoms with Crippen LogP contribution >= 0.6 is 0 Å². The Morgan fingerprint density at radius 2 is 1.71 bits per heavy atom. The molecular formula is C18H14N2O. The van der Waals surface area contributed by atoms with Crippen LogP contribution < -0.4 is 0 Å². The van der Waals surface area contributed by atoms with Gasteiger partial charge in [0.1, 0.15) is 22.8 Å². The predicted molar refractivity (Wildman–Crippen MR) is 83.1 cm³/mol. The third-order valence-electron chi connectivity index (χ3n) is 3.55. The van der Waals surface area contributed by atoms with Crippen LogP contribution in [0.2, 0.25) is 0 Å². The molecule has 0 fully saturated rings. The molecule has 102 valence electrons. The number of rotatable bonds is 2. The number of pyridine rings is 1. The largest absolute Gasteiger partial charge is 0.460 e. The third-order valence-corrected chi connectivity index (χ3v) is 3.55. The zero-order valence-electron chi connectivity index (χ0n) is 11.7. The second-order valence-corrected chi connectivity index (χ2v) is 5.01. The maximum absolute atomic E-state index is 5.84. The zero-order chi connectivity index (χ0) is 14.2. The molecule has 0 saturated heterocycles. The Balaban J connectivity index is 2.06. The molecule has 0 unspecified atom stereocenters. The van der Waals surface area contributed by atoms with Crippen molar-refractivity contribution in [1.82, 2.24) is 9.38 Å². The molecule has 4 rings (SSSR count). The van der Waals surface area contributed by atoms with Crippen molar-refractivity contribution in [2.45, 2.75) is 6.92 Å². The van der Waals surface area contributed by atoms with Crippen LogP contribution in [0.4, 0.5) is 0 Å². The molecule has 0 spiro atoms. The highest BCUT2D eigenvalue weighted by molar-refractivity contribution is 5.79. The lowest BCUT2D eigenvalue weighted by molar-refractivity contribution is 0.546. The molecule has 0 atom stereocenters. The van der Waals surface area contributed by atoms with Crippen LogP contribution in [0.1, 0.15) is 5.76 Å². The monoisotopic (exact) mass is 274 g/mol. The standard InChI is InChI=1S/C18H14N2O/c1-13-10-11-15(21-13)18-17(14-7-3-2-4-8-14)19-16-9-5-6-12-20(16)18/h2-12H,1H3. The molecule has 3 nitrogen and oxygen atoms in total. The molecule has 3 heteroatoms. The average molecular weight is 274 g/mol. The first-order valence-corrected chi connectivity index (χ1v) is 6.92. The van der Waals surface area contributed by atoms with Gasteiger partial charge >= 0.3 is 0 Å². The summed E-state index contributed by atoms with van der Waals surface area (Å²) in [6.45, 7) is 1.95. The number of hydrogen-bond acceptors (Lipinski definition) is 2. The lowest BCUT2D eigenvalue weighted by Crippen LogP contribution is -1.87. The first-order valence-electron chi connectivity index (χ1n) is 6.92. The molecule has 0 radical (unpaired) electrons. The van der Waals surface area contributed by atoms with Gasteiger partial charge in [-0.3, -0.25) is 4.40 Å². The zero-order valence-corrected chi connectivity index (χ0v) is 11.7. The maximum atomic E-state index is 5.84. The summed E-state index contributed by atoms with van der Waals surface area (Å²) in [7, 11) is 0. The molecule has 0 aliphatic carbocycles. The van der Waals surface area contributed by atoms with E-state index in [9.17, 15) is 0 Å². The van der Waals surface area contributed by atoms with Crippen molar-refractivity contribution >= 4 is 5.65 Å². The number of nitrogens with zero attached hydrogens (tertiary/aromatic N) is 2. The summed E-state index contributed by atoms with van der Waals surface area (Å²) in [6.07, 6.45) is 2.02. The first kappa shape index (κ1) is 12.0. The van der Waals surface area contributed by atoms with E-state index < -0.39 is 0 Å². The number of furan rings is 1. The minimum Gasteiger partial charge on any atom is -0.460 e. The molecule has 0 aliphatic heterocycles. The second kappa shape index (κ2) is 4.63. The van der Waals surface area contributed by atoms with E-state index in [1.165, 1.54) is 0 Å². The summed E-state index contributed by atoms with van der Waals surface area (Å²) >= 11 is 0. The van der Waals surface area contributed by atoms with Crippen LogP contribution in [-0.4, -0.2) is 9.38 Å². The Kier molecular flexibility index (Phi) is 2.64. The van der Waals surface area contributed by atoms with Crippen LogP contribution in [0.3, 0.4) is 0 Å². The summed E-state index contributed by atoms with van der Waals surface area (Å²) in [5, 5.41) is 0. The number of hydrogen-bond donors (Lipinski definition) is 0. The van der Waals surface area contributed by atoms with Gasteiger partial charge in [0.2, 0.25) is 0 Å². The number of aromatic nitrogens is 2. The van der Waals surface area contributed by atoms with Gasteiger partial charge in [0, 0.05) is 11.8 Å². The smallest absolute Gasteiger partial charge is 0.153 e. The van der Waals surface area contributed by atoms with Gasteiger partial charge in [-0.25, -0.2) is 4.98 Å². The Labute approximate surface area is 122 Å². The van der Waals surface area contributed by atoms with Crippen LogP contribution in [0.15, 0.2) is 71.3 Å². The van der Waals surface area contributed by atoms with Gasteiger partial charge in [0.05, 0.1) is 0 Å². The van der Waals surface area contributed by atoms with E-state index in [2.05, 4.69) is 16.5 Å². The summed E-state index contributed by atoms with van der Waals surface area (Å²) < 4.78 is 7.91. The minimum absolute atomic E-state index is 0.838. The van der Waals surface area contributed by atoms with E-state index in [-0.39, 0.29) is 0 Å². The third kappa shape index (κ3) is 1.94. The van der Waals surface area contributed by atoms with Crippen molar-refractivity contribution in [2.24, 2.45) is 0 Å². The van der Waals surface area contributed by atoms with Crippen molar-refractivity contribution in [3.63, 3.8) is 0 Å². The highest BCUT2D eigenvalue weighted by Crippen LogP contribution is 2.33. The fourth-order valence-electron chi connectivity index (χ4n) is 2.59. The molecule has 3 aromatic heterocycles. The molecule has 0 saturated carbocycles. The van der Waals surface area contributed by atoms with Crippen molar-refractivity contribution < 1.29 is 4.42 Å². The molecule has 1 aromatic carbocycles. The SMILES string of the molecule is Cc1ccc(-c2c(-c3ccccc3)nc3ccccn23)o1. The van der Waals surface area contributed by atoms with Crippen molar-refractivity contribution in [3.05, 3.63) is 72.6 Å². The van der Waals surface area contributed by atoms with Crippen molar-refractivity contribution in [1.29, 1.82) is 0 Å². The van der Waals surface area contributed by atoms with E-state index in [0.29, 0.717) is 0 Å². The number of imidazole rings is 1. The fourth-order valence-corrected chi connectivity index (χ4v) is 2.59. The van der Waals surface area contributed by atoms with Gasteiger partial charge in [-0.2, -0.15) is 0 Å². The highest BCUT2D eigenvalue weighted by Gasteiger charge is 2.17. The molecule has 0 aliphatic rings. The summed E-state index contributed by atoms with van der Waals surface area (Å²) in [5.74, 6) is 1.74. The van der Waals surface area contributed by atoms with Gasteiger partial charge in [0.25, 0.3) is 0 Å². The van der Waals surface area contributed by atoms with E-state index in [1.54, 1.807) is 0 Å². The topological polar surface area (TPSA) is 30.4 Å². The quantitative estimate of drug-likeness (QED) is 0.536. The molecule has 4 aromatic rings. The maximum Gasteiger partial charge on any atom is 0.153 e. The number of aryl methyl sites for hydroxylation is 1. The first-order chi connectivity index (χ1) is 10.3. The second-order valence-electron chi connectivity index (χ2n) is 5.01. The Morgan fingerprint density at radius 3 is 2.48 bits per heavy atom. The van der Waals surface area contributed by atoms with E-state index >= 15 is 0 Å². The lowest BCUT2D eigenvalue weighted by atomic mass is 10.1. The summed E-state index contributed by atoms with van der Waals surface area (Å²) in [4.78, 5) is 4.77. The molecule has 0 N–H and O–H groups in total.